The number of thiazole rings is 1. The fraction of sp³-hybridized carbons (Fsp3) is 0.364. The third-order valence-electron chi connectivity index (χ3n) is 2.29. The molecule has 1 N–H and O–H groups in total. The second-order valence-corrected chi connectivity index (χ2v) is 5.61. The highest BCUT2D eigenvalue weighted by atomic mass is 32.1. The minimum atomic E-state index is -4.37. The molecule has 1 unspecified atom stereocenters. The maximum absolute atomic E-state index is 12.5. The summed E-state index contributed by atoms with van der Waals surface area (Å²) in [6.07, 6.45) is -3.06. The molecule has 0 aromatic carbocycles. The largest absolute Gasteiger partial charge is 0.443 e. The summed E-state index contributed by atoms with van der Waals surface area (Å²) in [5.41, 5.74) is 0. The third kappa shape index (κ3) is 2.90. The van der Waals surface area contributed by atoms with E-state index in [1.807, 2.05) is 24.4 Å². The predicted octanol–water partition coefficient (Wildman–Crippen LogP) is 3.92. The lowest BCUT2D eigenvalue weighted by atomic mass is 10.2. The summed E-state index contributed by atoms with van der Waals surface area (Å²) < 4.78 is 37.6. The minimum absolute atomic E-state index is 0.205. The molecule has 0 aliphatic carbocycles. The number of hydrogen-bond donors (Lipinski definition) is 1. The lowest BCUT2D eigenvalue weighted by molar-refractivity contribution is -0.137. The zero-order valence-electron chi connectivity index (χ0n) is 9.49. The summed E-state index contributed by atoms with van der Waals surface area (Å²) in [5, 5.41) is 4.29. The first kappa shape index (κ1) is 13.5. The van der Waals surface area contributed by atoms with Gasteiger partial charge in [-0.3, -0.25) is 0 Å². The first-order valence-electron chi connectivity index (χ1n) is 5.32. The Hall–Kier alpha value is -0.920. The van der Waals surface area contributed by atoms with E-state index in [0.29, 0.717) is 22.8 Å². The van der Waals surface area contributed by atoms with Crippen molar-refractivity contribution in [3.63, 3.8) is 0 Å². The zero-order valence-corrected chi connectivity index (χ0v) is 11.1. The summed E-state index contributed by atoms with van der Waals surface area (Å²) in [5.74, 6) is 0. The van der Waals surface area contributed by atoms with E-state index in [9.17, 15) is 13.2 Å². The Morgan fingerprint density at radius 2 is 2.17 bits per heavy atom. The average molecular weight is 292 g/mol. The minimum Gasteiger partial charge on any atom is -0.305 e. The lowest BCUT2D eigenvalue weighted by Gasteiger charge is -2.13. The number of halogens is 3. The van der Waals surface area contributed by atoms with Crippen molar-refractivity contribution in [1.82, 2.24) is 10.3 Å². The highest BCUT2D eigenvalue weighted by Crippen LogP contribution is 2.36. The van der Waals surface area contributed by atoms with Gasteiger partial charge in [0.15, 0.2) is 5.01 Å². The summed E-state index contributed by atoms with van der Waals surface area (Å²) in [7, 11) is 0. The van der Waals surface area contributed by atoms with E-state index in [0.717, 1.165) is 4.88 Å². The van der Waals surface area contributed by atoms with Gasteiger partial charge in [-0.2, -0.15) is 13.2 Å². The van der Waals surface area contributed by atoms with Crippen LogP contribution in [0.25, 0.3) is 0 Å². The van der Waals surface area contributed by atoms with Crippen molar-refractivity contribution in [2.45, 2.75) is 19.1 Å². The van der Waals surface area contributed by atoms with Gasteiger partial charge in [0.25, 0.3) is 0 Å². The van der Waals surface area contributed by atoms with Gasteiger partial charge in [-0.05, 0) is 18.0 Å². The Morgan fingerprint density at radius 1 is 1.39 bits per heavy atom. The van der Waals surface area contributed by atoms with Gasteiger partial charge in [-0.25, -0.2) is 4.98 Å². The van der Waals surface area contributed by atoms with E-state index in [2.05, 4.69) is 10.3 Å². The molecule has 2 aromatic rings. The van der Waals surface area contributed by atoms with Crippen LogP contribution in [0, 0.1) is 0 Å². The molecule has 1 atom stereocenters. The molecular weight excluding hydrogens is 281 g/mol. The molecule has 0 bridgehead atoms. The summed E-state index contributed by atoms with van der Waals surface area (Å²) in [6, 6.07) is 3.59. The number of aromatic nitrogens is 1. The van der Waals surface area contributed by atoms with Crippen LogP contribution in [0.3, 0.4) is 0 Å². The normalized spacial score (nSPS) is 13.8. The van der Waals surface area contributed by atoms with Crippen molar-refractivity contribution in [1.29, 1.82) is 0 Å². The van der Waals surface area contributed by atoms with E-state index in [4.69, 9.17) is 0 Å². The molecule has 2 rings (SSSR count). The Bertz CT molecular complexity index is 491. The second kappa shape index (κ2) is 5.38. The maximum Gasteiger partial charge on any atom is 0.443 e. The van der Waals surface area contributed by atoms with Crippen molar-refractivity contribution in [2.75, 3.05) is 6.54 Å². The van der Waals surface area contributed by atoms with Crippen LogP contribution >= 0.6 is 22.7 Å². The van der Waals surface area contributed by atoms with Crippen LogP contribution in [0.1, 0.15) is 27.7 Å². The predicted molar refractivity (Wildman–Crippen MR) is 67.0 cm³/mol. The third-order valence-corrected chi connectivity index (χ3v) is 4.33. The zero-order chi connectivity index (χ0) is 13.2. The number of nitrogens with zero attached hydrogens (tertiary/aromatic N) is 1. The molecule has 7 heteroatoms. The summed E-state index contributed by atoms with van der Waals surface area (Å²) in [4.78, 5) is 5.04. The quantitative estimate of drug-likeness (QED) is 0.923. The first-order chi connectivity index (χ1) is 8.52. The van der Waals surface area contributed by atoms with Crippen LogP contribution in [-0.4, -0.2) is 11.5 Å². The highest BCUT2D eigenvalue weighted by Gasteiger charge is 2.35. The molecule has 0 saturated heterocycles. The van der Waals surface area contributed by atoms with Crippen LogP contribution in [0.4, 0.5) is 13.2 Å². The molecule has 2 nitrogen and oxygen atoms in total. The molecule has 98 valence electrons. The number of thiophene rings is 1. The van der Waals surface area contributed by atoms with Crippen LogP contribution in [0.15, 0.2) is 23.7 Å². The van der Waals surface area contributed by atoms with Gasteiger partial charge in [-0.1, -0.05) is 13.0 Å². The Kier molecular flexibility index (Phi) is 4.04. The molecular formula is C11H11F3N2S2. The maximum atomic E-state index is 12.5. The van der Waals surface area contributed by atoms with Crippen molar-refractivity contribution in [3.8, 4) is 0 Å². The van der Waals surface area contributed by atoms with Gasteiger partial charge in [-0.15, -0.1) is 22.7 Å². The van der Waals surface area contributed by atoms with E-state index < -0.39 is 11.2 Å². The summed E-state index contributed by atoms with van der Waals surface area (Å²) in [6.45, 7) is 2.61. The fourth-order valence-corrected chi connectivity index (χ4v) is 3.32. The molecule has 0 saturated carbocycles. The Morgan fingerprint density at radius 3 is 2.67 bits per heavy atom. The van der Waals surface area contributed by atoms with Gasteiger partial charge in [0.05, 0.1) is 6.04 Å². The van der Waals surface area contributed by atoms with Crippen molar-refractivity contribution in [2.24, 2.45) is 0 Å². The number of rotatable bonds is 4. The van der Waals surface area contributed by atoms with Crippen LogP contribution in [-0.2, 0) is 6.18 Å². The SMILES string of the molecule is CCNC(c1cccs1)c1cnc(C(F)(F)F)s1. The molecule has 0 fully saturated rings. The van der Waals surface area contributed by atoms with Crippen LogP contribution < -0.4 is 5.32 Å². The van der Waals surface area contributed by atoms with Gasteiger partial charge < -0.3 is 5.32 Å². The smallest absolute Gasteiger partial charge is 0.305 e. The van der Waals surface area contributed by atoms with E-state index in [-0.39, 0.29) is 6.04 Å². The van der Waals surface area contributed by atoms with Crippen molar-refractivity contribution in [3.05, 3.63) is 38.5 Å². The van der Waals surface area contributed by atoms with Gasteiger partial charge in [0, 0.05) is 16.0 Å². The lowest BCUT2D eigenvalue weighted by Crippen LogP contribution is -2.20. The molecule has 2 heterocycles. The van der Waals surface area contributed by atoms with Crippen LogP contribution in [0.2, 0.25) is 0 Å². The second-order valence-electron chi connectivity index (χ2n) is 3.57. The summed E-state index contributed by atoms with van der Waals surface area (Å²) >= 11 is 2.21. The molecule has 0 radical (unpaired) electrons. The standard InChI is InChI=1S/C11H11F3N2S2/c1-2-15-9(7-4-3-5-17-7)8-6-16-10(18-8)11(12,13)14/h3-6,9,15H,2H2,1H3. The highest BCUT2D eigenvalue weighted by molar-refractivity contribution is 7.12. The van der Waals surface area contributed by atoms with E-state index in [1.165, 1.54) is 17.5 Å². The number of nitrogens with one attached hydrogen (secondary N) is 1. The molecule has 0 aliphatic heterocycles. The molecule has 18 heavy (non-hydrogen) atoms. The molecule has 0 amide bonds. The van der Waals surface area contributed by atoms with Crippen molar-refractivity contribution < 1.29 is 13.2 Å². The first-order valence-corrected chi connectivity index (χ1v) is 7.01. The number of hydrogen-bond acceptors (Lipinski definition) is 4. The van der Waals surface area contributed by atoms with Gasteiger partial charge in [0.1, 0.15) is 0 Å². The van der Waals surface area contributed by atoms with Crippen molar-refractivity contribution >= 4 is 22.7 Å². The van der Waals surface area contributed by atoms with Gasteiger partial charge in [0.2, 0.25) is 0 Å². The Labute approximate surface area is 110 Å². The number of alkyl halides is 3. The monoisotopic (exact) mass is 292 g/mol. The fourth-order valence-electron chi connectivity index (χ4n) is 1.55. The topological polar surface area (TPSA) is 24.9 Å². The Balaban J connectivity index is 2.29. The molecule has 2 aromatic heterocycles. The van der Waals surface area contributed by atoms with E-state index >= 15 is 0 Å². The van der Waals surface area contributed by atoms with E-state index in [1.54, 1.807) is 0 Å². The van der Waals surface area contributed by atoms with Gasteiger partial charge >= 0.3 is 6.18 Å². The average Bonchev–Trinajstić information content (AvgIpc) is 2.96. The molecule has 0 spiro atoms. The van der Waals surface area contributed by atoms with Crippen LogP contribution in [0.5, 0.6) is 0 Å². The molecule has 0 aliphatic rings.